The van der Waals surface area contributed by atoms with Gasteiger partial charge in [0.1, 0.15) is 12.4 Å². The van der Waals surface area contributed by atoms with Gasteiger partial charge >= 0.3 is 0 Å². The minimum absolute atomic E-state index is 0.693. The third kappa shape index (κ3) is 4.02. The van der Waals surface area contributed by atoms with E-state index in [1.54, 1.807) is 12.4 Å². The molecule has 0 unspecified atom stereocenters. The fraction of sp³-hybridized carbons (Fsp3) is 0.583. The van der Waals surface area contributed by atoms with Crippen molar-refractivity contribution in [1.82, 2.24) is 10.3 Å². The van der Waals surface area contributed by atoms with E-state index >= 15 is 0 Å². The Kier molecular flexibility index (Phi) is 4.96. The summed E-state index contributed by atoms with van der Waals surface area (Å²) < 4.78 is 5.57. The van der Waals surface area contributed by atoms with E-state index in [9.17, 15) is 0 Å². The van der Waals surface area contributed by atoms with Crippen LogP contribution < -0.4 is 10.1 Å². The van der Waals surface area contributed by atoms with Gasteiger partial charge in [0.05, 0.1) is 6.20 Å². The van der Waals surface area contributed by atoms with Gasteiger partial charge in [-0.2, -0.15) is 11.8 Å². The van der Waals surface area contributed by atoms with E-state index in [0.29, 0.717) is 6.04 Å². The minimum atomic E-state index is 0.693. The second kappa shape index (κ2) is 6.76. The monoisotopic (exact) mass is 238 g/mol. The quantitative estimate of drug-likeness (QED) is 0.795. The number of pyridine rings is 1. The molecule has 1 aromatic heterocycles. The molecule has 3 nitrogen and oxygen atoms in total. The highest BCUT2D eigenvalue weighted by Gasteiger charge is 2.11. The number of aromatic nitrogens is 1. The molecule has 2 heterocycles. The van der Waals surface area contributed by atoms with Crippen molar-refractivity contribution in [3.8, 4) is 5.75 Å². The van der Waals surface area contributed by atoms with Gasteiger partial charge in [0, 0.05) is 18.8 Å². The molecular formula is C12H18N2OS. The van der Waals surface area contributed by atoms with Crippen LogP contribution in [0.15, 0.2) is 24.5 Å². The number of hydrogen-bond donors (Lipinski definition) is 1. The third-order valence-electron chi connectivity index (χ3n) is 2.66. The van der Waals surface area contributed by atoms with Crippen LogP contribution in [0.25, 0.3) is 0 Å². The van der Waals surface area contributed by atoms with E-state index in [2.05, 4.69) is 22.1 Å². The zero-order valence-electron chi connectivity index (χ0n) is 9.39. The SMILES string of the molecule is c1cncc(OCCNC2CCSCC2)c1. The summed E-state index contributed by atoms with van der Waals surface area (Å²) in [6.07, 6.45) is 6.08. The van der Waals surface area contributed by atoms with Crippen LogP contribution in [0.4, 0.5) is 0 Å². The third-order valence-corrected chi connectivity index (χ3v) is 3.71. The number of hydrogen-bond acceptors (Lipinski definition) is 4. The van der Waals surface area contributed by atoms with Crippen LogP contribution >= 0.6 is 11.8 Å². The van der Waals surface area contributed by atoms with Crippen molar-refractivity contribution in [3.63, 3.8) is 0 Å². The molecule has 0 atom stereocenters. The summed E-state index contributed by atoms with van der Waals surface area (Å²) in [5.41, 5.74) is 0. The van der Waals surface area contributed by atoms with Crippen LogP contribution in [0, 0.1) is 0 Å². The Balaban J connectivity index is 1.58. The second-order valence-corrected chi connectivity index (χ2v) is 5.10. The fourth-order valence-electron chi connectivity index (χ4n) is 1.77. The Morgan fingerprint density at radius 1 is 1.44 bits per heavy atom. The maximum Gasteiger partial charge on any atom is 0.137 e. The molecule has 4 heteroatoms. The Morgan fingerprint density at radius 2 is 2.31 bits per heavy atom. The number of nitrogens with one attached hydrogen (secondary N) is 1. The van der Waals surface area contributed by atoms with Crippen LogP contribution in [-0.2, 0) is 0 Å². The van der Waals surface area contributed by atoms with Gasteiger partial charge in [-0.1, -0.05) is 0 Å². The highest BCUT2D eigenvalue weighted by Crippen LogP contribution is 2.16. The Labute approximate surface area is 101 Å². The Morgan fingerprint density at radius 3 is 3.06 bits per heavy atom. The van der Waals surface area contributed by atoms with E-state index < -0.39 is 0 Å². The zero-order valence-corrected chi connectivity index (χ0v) is 10.2. The molecule has 0 aromatic carbocycles. The zero-order chi connectivity index (χ0) is 11.1. The van der Waals surface area contributed by atoms with Crippen molar-refractivity contribution in [3.05, 3.63) is 24.5 Å². The molecule has 1 aliphatic rings. The topological polar surface area (TPSA) is 34.1 Å². The van der Waals surface area contributed by atoms with E-state index in [-0.39, 0.29) is 0 Å². The molecular weight excluding hydrogens is 220 g/mol. The van der Waals surface area contributed by atoms with Gasteiger partial charge in [-0.05, 0) is 36.5 Å². The molecule has 0 spiro atoms. The van der Waals surface area contributed by atoms with Crippen LogP contribution in [-0.4, -0.2) is 35.7 Å². The Bertz CT molecular complexity index is 288. The number of thioether (sulfide) groups is 1. The summed E-state index contributed by atoms with van der Waals surface area (Å²) in [4.78, 5) is 4.01. The molecule has 0 amide bonds. The lowest BCUT2D eigenvalue weighted by Crippen LogP contribution is -2.35. The number of nitrogens with zero attached hydrogens (tertiary/aromatic N) is 1. The molecule has 0 radical (unpaired) electrons. The van der Waals surface area contributed by atoms with E-state index in [1.807, 2.05) is 12.1 Å². The predicted molar refractivity (Wildman–Crippen MR) is 68.1 cm³/mol. The maximum atomic E-state index is 5.57. The lowest BCUT2D eigenvalue weighted by molar-refractivity contribution is 0.301. The molecule has 0 bridgehead atoms. The summed E-state index contributed by atoms with van der Waals surface area (Å²) in [7, 11) is 0. The molecule has 1 aromatic rings. The average Bonchev–Trinajstić information content (AvgIpc) is 2.37. The maximum absolute atomic E-state index is 5.57. The summed E-state index contributed by atoms with van der Waals surface area (Å²) in [5, 5.41) is 3.53. The van der Waals surface area contributed by atoms with Crippen LogP contribution in [0.5, 0.6) is 5.75 Å². The minimum Gasteiger partial charge on any atom is -0.491 e. The standard InChI is InChI=1S/C12H18N2OS/c1-2-12(10-13-5-1)15-7-6-14-11-3-8-16-9-4-11/h1-2,5,10-11,14H,3-4,6-9H2. The largest absolute Gasteiger partial charge is 0.491 e. The van der Waals surface area contributed by atoms with E-state index in [1.165, 1.54) is 24.3 Å². The van der Waals surface area contributed by atoms with E-state index in [4.69, 9.17) is 4.74 Å². The second-order valence-electron chi connectivity index (χ2n) is 3.88. The smallest absolute Gasteiger partial charge is 0.137 e. The van der Waals surface area contributed by atoms with Crippen LogP contribution in [0.2, 0.25) is 0 Å². The van der Waals surface area contributed by atoms with Gasteiger partial charge in [-0.15, -0.1) is 0 Å². The van der Waals surface area contributed by atoms with Gasteiger partial charge in [-0.25, -0.2) is 0 Å². The van der Waals surface area contributed by atoms with Gasteiger partial charge in [-0.3, -0.25) is 4.98 Å². The van der Waals surface area contributed by atoms with Gasteiger partial charge in [0.15, 0.2) is 0 Å². The number of rotatable bonds is 5. The molecule has 88 valence electrons. The summed E-state index contributed by atoms with van der Waals surface area (Å²) >= 11 is 2.06. The highest BCUT2D eigenvalue weighted by molar-refractivity contribution is 7.99. The first-order valence-electron chi connectivity index (χ1n) is 5.79. The van der Waals surface area contributed by atoms with Gasteiger partial charge in [0.25, 0.3) is 0 Å². The van der Waals surface area contributed by atoms with Crippen molar-refractivity contribution < 1.29 is 4.74 Å². The summed E-state index contributed by atoms with van der Waals surface area (Å²) in [6, 6.07) is 4.52. The molecule has 0 saturated carbocycles. The predicted octanol–water partition coefficient (Wildman–Crippen LogP) is 1.95. The molecule has 1 N–H and O–H groups in total. The van der Waals surface area contributed by atoms with Crippen molar-refractivity contribution in [1.29, 1.82) is 0 Å². The first-order valence-corrected chi connectivity index (χ1v) is 6.94. The highest BCUT2D eigenvalue weighted by atomic mass is 32.2. The van der Waals surface area contributed by atoms with Crippen molar-refractivity contribution in [2.45, 2.75) is 18.9 Å². The van der Waals surface area contributed by atoms with Crippen LogP contribution in [0.3, 0.4) is 0 Å². The van der Waals surface area contributed by atoms with Crippen LogP contribution in [0.1, 0.15) is 12.8 Å². The lowest BCUT2D eigenvalue weighted by Gasteiger charge is -2.22. The Hall–Kier alpha value is -0.740. The molecule has 16 heavy (non-hydrogen) atoms. The molecule has 2 rings (SSSR count). The summed E-state index contributed by atoms with van der Waals surface area (Å²) in [5.74, 6) is 3.44. The van der Waals surface area contributed by atoms with Gasteiger partial charge in [0.2, 0.25) is 0 Å². The fourth-order valence-corrected chi connectivity index (χ4v) is 2.87. The lowest BCUT2D eigenvalue weighted by atomic mass is 10.1. The van der Waals surface area contributed by atoms with Gasteiger partial charge < -0.3 is 10.1 Å². The normalized spacial score (nSPS) is 17.2. The average molecular weight is 238 g/mol. The molecule has 0 aliphatic carbocycles. The van der Waals surface area contributed by atoms with Crippen molar-refractivity contribution >= 4 is 11.8 Å². The van der Waals surface area contributed by atoms with E-state index in [0.717, 1.165) is 18.9 Å². The first-order chi connectivity index (χ1) is 7.95. The van der Waals surface area contributed by atoms with Crippen molar-refractivity contribution in [2.24, 2.45) is 0 Å². The van der Waals surface area contributed by atoms with Crippen molar-refractivity contribution in [2.75, 3.05) is 24.7 Å². The number of ether oxygens (including phenoxy) is 1. The first kappa shape index (κ1) is 11.7. The molecule has 1 fully saturated rings. The molecule has 1 saturated heterocycles. The summed E-state index contributed by atoms with van der Waals surface area (Å²) in [6.45, 7) is 1.64. The molecule has 1 aliphatic heterocycles.